The molecule has 0 aromatic rings. The van der Waals surface area contributed by atoms with Crippen LogP contribution in [0.3, 0.4) is 0 Å². The van der Waals surface area contributed by atoms with Crippen LogP contribution in [0.4, 0.5) is 12.9 Å². The first-order valence-corrected chi connectivity index (χ1v) is 1.40. The molecule has 36 valence electrons. The van der Waals surface area contributed by atoms with Crippen LogP contribution in [-0.2, 0) is 0 Å². The van der Waals surface area contributed by atoms with E-state index in [1.165, 1.54) is 0 Å². The molecule has 7 heavy (non-hydrogen) atoms. The molecule has 0 saturated carbocycles. The zero-order chi connectivity index (χ0) is 5.21. The van der Waals surface area contributed by atoms with Gasteiger partial charge in [-0.05, 0) is 0 Å². The van der Waals surface area contributed by atoms with E-state index in [9.17, 15) is 12.9 Å². The largest absolute Gasteiger partial charge is 1.00 e. The van der Waals surface area contributed by atoms with Crippen molar-refractivity contribution < 1.29 is 31.8 Å². The van der Waals surface area contributed by atoms with Gasteiger partial charge in [0.25, 0.3) is 0 Å². The predicted octanol–water partition coefficient (Wildman–Crippen LogP) is -1.44. The number of hydrogen-bond acceptors (Lipinski definition) is 0. The summed E-state index contributed by atoms with van der Waals surface area (Å²) in [5.74, 6) is 0. The van der Waals surface area contributed by atoms with Crippen LogP contribution in [-0.4, -0.2) is 6.98 Å². The maximum absolute atomic E-state index is 10.7. The topological polar surface area (TPSA) is 0 Å². The van der Waals surface area contributed by atoms with Crippen LogP contribution in [0.15, 0.2) is 12.6 Å². The van der Waals surface area contributed by atoms with Gasteiger partial charge in [0.05, 0.1) is 0 Å². The summed E-state index contributed by atoms with van der Waals surface area (Å²) in [4.78, 5) is 0. The van der Waals surface area contributed by atoms with Gasteiger partial charge in [0.2, 0.25) is 0 Å². The van der Waals surface area contributed by atoms with Crippen molar-refractivity contribution in [3.8, 4) is 0 Å². The summed E-state index contributed by atoms with van der Waals surface area (Å²) in [5, 5.41) is 0. The third-order valence-electron chi connectivity index (χ3n) is 0.267. The Kier molecular flexibility index (Phi) is 4.72. The Bertz CT molecular complexity index is 58.4. The second-order valence-corrected chi connectivity index (χ2v) is 0.861. The van der Waals surface area contributed by atoms with Crippen molar-refractivity contribution in [3.05, 3.63) is 12.6 Å². The molecule has 0 radical (unpaired) electrons. The van der Waals surface area contributed by atoms with Gasteiger partial charge in [-0.2, -0.15) is 5.98 Å². The summed E-state index contributed by atoms with van der Waals surface area (Å²) in [5.41, 5.74) is 0. The second kappa shape index (κ2) is 3.23. The molecule has 0 rings (SSSR count). The van der Waals surface area contributed by atoms with E-state index in [1.807, 2.05) is 0 Å². The monoisotopic (exact) mass is 102 g/mol. The van der Waals surface area contributed by atoms with Gasteiger partial charge in [0, 0.05) is 0 Å². The first-order valence-electron chi connectivity index (χ1n) is 1.40. The van der Waals surface area contributed by atoms with E-state index in [0.717, 1.165) is 0 Å². The van der Waals surface area contributed by atoms with Gasteiger partial charge in [-0.25, -0.2) is 0 Å². The standard InChI is InChI=1S/C2H3BF3.Li/c1-2-3(4,5)6;/h2H,1H2;/q-1;+1. The second-order valence-electron chi connectivity index (χ2n) is 0.861. The van der Waals surface area contributed by atoms with Gasteiger partial charge >= 0.3 is 25.8 Å². The first kappa shape index (κ1) is 10.2. The third-order valence-corrected chi connectivity index (χ3v) is 0.267. The molecule has 0 aliphatic rings. The molecule has 0 aromatic heterocycles. The van der Waals surface area contributed by atoms with Crippen LogP contribution in [0, 0.1) is 0 Å². The van der Waals surface area contributed by atoms with Crippen molar-refractivity contribution in [2.45, 2.75) is 0 Å². The summed E-state index contributed by atoms with van der Waals surface area (Å²) in [6.07, 6.45) is 0. The van der Waals surface area contributed by atoms with Crippen LogP contribution in [0.2, 0.25) is 0 Å². The first-order chi connectivity index (χ1) is 2.56. The molecule has 0 bridgehead atoms. The normalized spacial score (nSPS) is 9.57. The minimum absolute atomic E-state index is 0. The van der Waals surface area contributed by atoms with Gasteiger partial charge in [-0.3, -0.25) is 0 Å². The minimum atomic E-state index is -4.72. The Balaban J connectivity index is 0. The molecule has 0 N–H and O–H groups in total. The van der Waals surface area contributed by atoms with Gasteiger partial charge in [0.1, 0.15) is 0 Å². The van der Waals surface area contributed by atoms with E-state index in [1.54, 1.807) is 0 Å². The van der Waals surface area contributed by atoms with E-state index in [4.69, 9.17) is 0 Å². The van der Waals surface area contributed by atoms with Crippen LogP contribution >= 0.6 is 0 Å². The molecule has 0 aliphatic heterocycles. The number of hydrogen-bond donors (Lipinski definition) is 0. The summed E-state index contributed by atoms with van der Waals surface area (Å²) in [6, 6.07) is 0. The fourth-order valence-corrected chi connectivity index (χ4v) is 0. The average Bonchev–Trinajstić information content (AvgIpc) is 1.35. The SMILES string of the molecule is C=C[B-](F)(F)F.[Li+]. The molecule has 0 amide bonds. The molecule has 0 unspecified atom stereocenters. The Morgan fingerprint density at radius 3 is 1.43 bits per heavy atom. The molecule has 0 nitrogen and oxygen atoms in total. The molecule has 0 aromatic carbocycles. The predicted molar refractivity (Wildman–Crippen MR) is 19.3 cm³/mol. The van der Waals surface area contributed by atoms with Gasteiger partial charge < -0.3 is 12.9 Å². The Labute approximate surface area is 52.0 Å². The minimum Gasteiger partial charge on any atom is -0.445 e. The molecule has 0 heterocycles. The van der Waals surface area contributed by atoms with Gasteiger partial charge in [-0.15, -0.1) is 6.58 Å². The van der Waals surface area contributed by atoms with Crippen LogP contribution in [0.25, 0.3) is 0 Å². The maximum atomic E-state index is 10.7. The molecule has 0 saturated heterocycles. The van der Waals surface area contributed by atoms with Crippen molar-refractivity contribution in [1.29, 1.82) is 0 Å². The molecule has 0 aliphatic carbocycles. The van der Waals surface area contributed by atoms with Crippen molar-refractivity contribution in [2.24, 2.45) is 0 Å². The third kappa shape index (κ3) is 10.7. The molecular weight excluding hydrogens is 98.8 g/mol. The van der Waals surface area contributed by atoms with E-state index in [2.05, 4.69) is 6.58 Å². The molecular formula is C2H3BF3Li. The van der Waals surface area contributed by atoms with Crippen molar-refractivity contribution in [2.75, 3.05) is 0 Å². The molecule has 0 atom stereocenters. The maximum Gasteiger partial charge on any atom is 1.00 e. The smallest absolute Gasteiger partial charge is 0.445 e. The fourth-order valence-electron chi connectivity index (χ4n) is 0. The number of rotatable bonds is 1. The van der Waals surface area contributed by atoms with Crippen LogP contribution in [0.5, 0.6) is 0 Å². The quantitative estimate of drug-likeness (QED) is 0.355. The zero-order valence-corrected chi connectivity index (χ0v) is 4.00. The van der Waals surface area contributed by atoms with E-state index >= 15 is 0 Å². The van der Waals surface area contributed by atoms with Gasteiger partial charge in [-0.1, -0.05) is 0 Å². The van der Waals surface area contributed by atoms with E-state index in [0.29, 0.717) is 0 Å². The van der Waals surface area contributed by atoms with Crippen molar-refractivity contribution >= 4 is 6.98 Å². The Morgan fingerprint density at radius 1 is 1.29 bits per heavy atom. The van der Waals surface area contributed by atoms with E-state index in [-0.39, 0.29) is 24.8 Å². The fraction of sp³-hybridized carbons (Fsp3) is 0. The number of halogens is 3. The average molecular weight is 102 g/mol. The van der Waals surface area contributed by atoms with Crippen LogP contribution < -0.4 is 18.9 Å². The van der Waals surface area contributed by atoms with E-state index < -0.39 is 6.98 Å². The summed E-state index contributed by atoms with van der Waals surface area (Å²) < 4.78 is 32.2. The van der Waals surface area contributed by atoms with Crippen molar-refractivity contribution in [1.82, 2.24) is 0 Å². The zero-order valence-electron chi connectivity index (χ0n) is 4.00. The summed E-state index contributed by atoms with van der Waals surface area (Å²) in [7, 11) is 0. The van der Waals surface area contributed by atoms with Gasteiger partial charge in [0.15, 0.2) is 0 Å². The Morgan fingerprint density at radius 2 is 1.43 bits per heavy atom. The molecule has 0 spiro atoms. The van der Waals surface area contributed by atoms with Crippen molar-refractivity contribution in [3.63, 3.8) is 0 Å². The Hall–Kier alpha value is 0.192. The summed E-state index contributed by atoms with van der Waals surface area (Å²) >= 11 is 0. The molecule has 5 heteroatoms. The van der Waals surface area contributed by atoms with Crippen LogP contribution in [0.1, 0.15) is 0 Å². The molecule has 0 fully saturated rings. The summed E-state index contributed by atoms with van der Waals surface area (Å²) in [6.45, 7) is -2.19.